The number of anilines is 1. The van der Waals surface area contributed by atoms with Gasteiger partial charge in [0.1, 0.15) is 5.82 Å². The lowest BCUT2D eigenvalue weighted by Gasteiger charge is -2.36. The zero-order valence-corrected chi connectivity index (χ0v) is 13.2. The van der Waals surface area contributed by atoms with Crippen LogP contribution in [0, 0.1) is 5.82 Å². The number of rotatable bonds is 5. The molecule has 1 saturated heterocycles. The molecular weight excluding hydrogens is 291 g/mol. The molecule has 122 valence electrons. The summed E-state index contributed by atoms with van der Waals surface area (Å²) >= 11 is 0. The van der Waals surface area contributed by atoms with Crippen LogP contribution in [-0.2, 0) is 0 Å². The van der Waals surface area contributed by atoms with Crippen LogP contribution in [0.15, 0.2) is 54.6 Å². The Hall–Kier alpha value is -1.91. The molecule has 1 aliphatic rings. The van der Waals surface area contributed by atoms with E-state index in [0.29, 0.717) is 0 Å². The van der Waals surface area contributed by atoms with Gasteiger partial charge in [-0.25, -0.2) is 4.39 Å². The average Bonchev–Trinajstić information content (AvgIpc) is 2.61. The highest BCUT2D eigenvalue weighted by molar-refractivity contribution is 5.46. The number of nitrogens with zero attached hydrogens (tertiary/aromatic N) is 2. The van der Waals surface area contributed by atoms with E-state index >= 15 is 0 Å². The molecular formula is C19H23FN2O. The van der Waals surface area contributed by atoms with E-state index in [1.165, 1.54) is 12.1 Å². The van der Waals surface area contributed by atoms with Crippen LogP contribution in [0.4, 0.5) is 10.1 Å². The molecule has 3 nitrogen and oxygen atoms in total. The molecule has 1 atom stereocenters. The first-order valence-corrected chi connectivity index (χ1v) is 8.18. The molecule has 4 heteroatoms. The molecule has 0 spiro atoms. The third-order valence-corrected chi connectivity index (χ3v) is 4.47. The van der Waals surface area contributed by atoms with Crippen molar-refractivity contribution in [3.8, 4) is 0 Å². The van der Waals surface area contributed by atoms with E-state index in [1.807, 2.05) is 42.5 Å². The third-order valence-electron chi connectivity index (χ3n) is 4.47. The highest BCUT2D eigenvalue weighted by atomic mass is 19.1. The summed E-state index contributed by atoms with van der Waals surface area (Å²) in [5.74, 6) is -0.192. The molecule has 0 unspecified atom stereocenters. The normalized spacial score (nSPS) is 17.2. The van der Waals surface area contributed by atoms with Crippen molar-refractivity contribution in [2.75, 3.05) is 37.6 Å². The summed E-state index contributed by atoms with van der Waals surface area (Å²) in [7, 11) is 0. The second-order valence-electron chi connectivity index (χ2n) is 6.02. The Morgan fingerprint density at radius 1 is 0.913 bits per heavy atom. The maximum absolute atomic E-state index is 13.0. The molecule has 3 rings (SSSR count). The molecule has 23 heavy (non-hydrogen) atoms. The molecule has 0 amide bonds. The Bertz CT molecular complexity index is 595. The van der Waals surface area contributed by atoms with Gasteiger partial charge in [0, 0.05) is 38.4 Å². The van der Waals surface area contributed by atoms with Crippen molar-refractivity contribution in [1.29, 1.82) is 0 Å². The topological polar surface area (TPSA) is 26.7 Å². The summed E-state index contributed by atoms with van der Waals surface area (Å²) in [5, 5.41) is 10.2. The monoisotopic (exact) mass is 314 g/mol. The molecule has 1 N–H and O–H groups in total. The van der Waals surface area contributed by atoms with Gasteiger partial charge >= 0.3 is 0 Å². The Kier molecular flexibility index (Phi) is 5.26. The summed E-state index contributed by atoms with van der Waals surface area (Å²) in [5.41, 5.74) is 2.06. The van der Waals surface area contributed by atoms with Crippen LogP contribution in [0.3, 0.4) is 0 Å². The first-order chi connectivity index (χ1) is 11.2. The second kappa shape index (κ2) is 7.57. The Balaban J connectivity index is 1.45. The number of benzene rings is 2. The Labute approximate surface area is 137 Å². The van der Waals surface area contributed by atoms with Gasteiger partial charge in [0.2, 0.25) is 0 Å². The predicted octanol–water partition coefficient (Wildman–Crippen LogP) is 3.07. The second-order valence-corrected chi connectivity index (χ2v) is 6.02. The van der Waals surface area contributed by atoms with E-state index in [-0.39, 0.29) is 5.82 Å². The number of aliphatic hydroxyl groups excluding tert-OH is 1. The smallest absolute Gasteiger partial charge is 0.123 e. The molecule has 0 bridgehead atoms. The predicted molar refractivity (Wildman–Crippen MR) is 91.1 cm³/mol. The lowest BCUT2D eigenvalue weighted by molar-refractivity contribution is 0.139. The maximum atomic E-state index is 13.0. The van der Waals surface area contributed by atoms with Gasteiger partial charge in [-0.1, -0.05) is 30.3 Å². The molecule has 1 aliphatic heterocycles. The summed E-state index contributed by atoms with van der Waals surface area (Å²) in [6.07, 6.45) is 0.354. The van der Waals surface area contributed by atoms with Crippen LogP contribution >= 0.6 is 0 Å². The van der Waals surface area contributed by atoms with E-state index in [4.69, 9.17) is 0 Å². The van der Waals surface area contributed by atoms with Gasteiger partial charge in [-0.3, -0.25) is 4.90 Å². The van der Waals surface area contributed by atoms with Crippen molar-refractivity contribution >= 4 is 5.69 Å². The quantitative estimate of drug-likeness (QED) is 0.919. The molecule has 2 aromatic rings. The van der Waals surface area contributed by atoms with Crippen molar-refractivity contribution in [1.82, 2.24) is 4.90 Å². The SMILES string of the molecule is O[C@H](CCN1CCN(c2ccc(F)cc2)CC1)c1ccccc1. The van der Waals surface area contributed by atoms with Crippen LogP contribution in [0.2, 0.25) is 0 Å². The van der Waals surface area contributed by atoms with Gasteiger partial charge in [0.05, 0.1) is 6.10 Å². The number of hydrogen-bond donors (Lipinski definition) is 1. The molecule has 1 fully saturated rings. The van der Waals surface area contributed by atoms with Gasteiger partial charge in [-0.15, -0.1) is 0 Å². The minimum Gasteiger partial charge on any atom is -0.388 e. The molecule has 0 aliphatic carbocycles. The van der Waals surface area contributed by atoms with Crippen molar-refractivity contribution in [2.24, 2.45) is 0 Å². The molecule has 1 heterocycles. The van der Waals surface area contributed by atoms with E-state index < -0.39 is 6.10 Å². The van der Waals surface area contributed by atoms with Crippen LogP contribution in [-0.4, -0.2) is 42.7 Å². The van der Waals surface area contributed by atoms with Gasteiger partial charge < -0.3 is 10.0 Å². The summed E-state index contributed by atoms with van der Waals surface area (Å²) in [6.45, 7) is 4.71. The van der Waals surface area contributed by atoms with E-state index in [0.717, 1.165) is 50.4 Å². The first kappa shape index (κ1) is 16.0. The van der Waals surface area contributed by atoms with E-state index in [9.17, 15) is 9.50 Å². The van der Waals surface area contributed by atoms with E-state index in [1.54, 1.807) is 0 Å². The largest absolute Gasteiger partial charge is 0.388 e. The van der Waals surface area contributed by atoms with Crippen LogP contribution < -0.4 is 4.90 Å². The van der Waals surface area contributed by atoms with Gasteiger partial charge in [-0.2, -0.15) is 0 Å². The van der Waals surface area contributed by atoms with Crippen molar-refractivity contribution in [2.45, 2.75) is 12.5 Å². The molecule has 0 saturated carbocycles. The Morgan fingerprint density at radius 3 is 2.22 bits per heavy atom. The van der Waals surface area contributed by atoms with Crippen molar-refractivity contribution in [3.63, 3.8) is 0 Å². The number of hydrogen-bond acceptors (Lipinski definition) is 3. The first-order valence-electron chi connectivity index (χ1n) is 8.18. The highest BCUT2D eigenvalue weighted by Crippen LogP contribution is 2.19. The highest BCUT2D eigenvalue weighted by Gasteiger charge is 2.18. The fourth-order valence-electron chi connectivity index (χ4n) is 3.03. The number of halogens is 1. The standard InChI is InChI=1S/C19H23FN2O/c20-17-6-8-18(9-7-17)22-14-12-21(13-15-22)11-10-19(23)16-4-2-1-3-5-16/h1-9,19,23H,10-15H2/t19-/m1/s1. The fraction of sp³-hybridized carbons (Fsp3) is 0.368. The molecule has 2 aromatic carbocycles. The summed E-state index contributed by atoms with van der Waals surface area (Å²) < 4.78 is 13.0. The zero-order valence-electron chi connectivity index (χ0n) is 13.2. The van der Waals surface area contributed by atoms with Gasteiger partial charge in [0.25, 0.3) is 0 Å². The average molecular weight is 314 g/mol. The lowest BCUT2D eigenvalue weighted by Crippen LogP contribution is -2.46. The van der Waals surface area contributed by atoms with Crippen LogP contribution in [0.5, 0.6) is 0 Å². The lowest BCUT2D eigenvalue weighted by atomic mass is 10.1. The summed E-state index contributed by atoms with van der Waals surface area (Å²) in [4.78, 5) is 4.66. The number of piperazine rings is 1. The maximum Gasteiger partial charge on any atom is 0.123 e. The van der Waals surface area contributed by atoms with E-state index in [2.05, 4.69) is 9.80 Å². The van der Waals surface area contributed by atoms with Crippen molar-refractivity contribution < 1.29 is 9.50 Å². The van der Waals surface area contributed by atoms with Gasteiger partial charge in [-0.05, 0) is 36.2 Å². The third kappa shape index (κ3) is 4.30. The number of aliphatic hydroxyl groups is 1. The fourth-order valence-corrected chi connectivity index (χ4v) is 3.03. The summed E-state index contributed by atoms with van der Waals surface area (Å²) in [6, 6.07) is 16.5. The minimum atomic E-state index is -0.397. The molecule has 0 radical (unpaired) electrons. The van der Waals surface area contributed by atoms with Crippen molar-refractivity contribution in [3.05, 3.63) is 66.0 Å². The molecule has 0 aromatic heterocycles. The minimum absolute atomic E-state index is 0.192. The van der Waals surface area contributed by atoms with Crippen LogP contribution in [0.25, 0.3) is 0 Å². The Morgan fingerprint density at radius 2 is 1.57 bits per heavy atom. The van der Waals surface area contributed by atoms with Gasteiger partial charge in [0.15, 0.2) is 0 Å². The zero-order chi connectivity index (χ0) is 16.1. The van der Waals surface area contributed by atoms with Crippen LogP contribution in [0.1, 0.15) is 18.1 Å².